The molecule has 0 radical (unpaired) electrons. The maximum atomic E-state index is 11.5. The van der Waals surface area contributed by atoms with Crippen LogP contribution < -0.4 is 4.90 Å². The Morgan fingerprint density at radius 3 is 2.63 bits per heavy atom. The number of nitrogens with one attached hydrogen (secondary N) is 1. The van der Waals surface area contributed by atoms with Gasteiger partial charge in [-0.2, -0.15) is 8.42 Å². The van der Waals surface area contributed by atoms with Gasteiger partial charge < -0.3 is 0 Å². The number of benzene rings is 2. The van der Waals surface area contributed by atoms with E-state index in [2.05, 4.69) is 13.8 Å². The third-order valence-electron chi connectivity index (χ3n) is 4.03. The van der Waals surface area contributed by atoms with Crippen LogP contribution in [0, 0.1) is 0 Å². The summed E-state index contributed by atoms with van der Waals surface area (Å²) < 4.78 is 32.3. The summed E-state index contributed by atoms with van der Waals surface area (Å²) in [6, 6.07) is 9.27. The molecule has 2 aromatic carbocycles. The Hall–Kier alpha value is -1.43. The summed E-state index contributed by atoms with van der Waals surface area (Å²) in [5.41, 5.74) is 2.27. The van der Waals surface area contributed by atoms with E-state index >= 15 is 0 Å². The van der Waals surface area contributed by atoms with Crippen molar-refractivity contribution >= 4 is 26.6 Å². The summed E-state index contributed by atoms with van der Waals surface area (Å²) in [6.45, 7) is 5.19. The minimum absolute atomic E-state index is 0.00217. The molecule has 0 fully saturated rings. The first-order valence-electron chi connectivity index (χ1n) is 6.34. The van der Waals surface area contributed by atoms with E-state index in [1.807, 2.05) is 18.2 Å². The molecule has 0 saturated heterocycles. The predicted molar refractivity (Wildman–Crippen MR) is 73.3 cm³/mol. The molecule has 4 nitrogen and oxygen atoms in total. The van der Waals surface area contributed by atoms with Crippen LogP contribution >= 0.6 is 0 Å². The maximum absolute atomic E-state index is 11.5. The molecule has 100 valence electrons. The first-order chi connectivity index (χ1) is 8.95. The summed E-state index contributed by atoms with van der Waals surface area (Å²) >= 11 is 0. The SMILES string of the molecule is CC[NH+]1c2ccc(S(=O)(=O)O)c3cccc(c23)C1C. The smallest absolute Gasteiger partial charge is 0.295 e. The average molecular weight is 278 g/mol. The molecule has 2 aromatic rings. The number of hydrogen-bond acceptors (Lipinski definition) is 2. The van der Waals surface area contributed by atoms with Crippen LogP contribution in [0.5, 0.6) is 0 Å². The van der Waals surface area contributed by atoms with Crippen LogP contribution in [-0.2, 0) is 10.1 Å². The van der Waals surface area contributed by atoms with Crippen molar-refractivity contribution in [3.05, 3.63) is 35.9 Å². The third-order valence-corrected chi connectivity index (χ3v) is 4.94. The molecule has 3 rings (SSSR count). The highest BCUT2D eigenvalue weighted by molar-refractivity contribution is 7.86. The summed E-state index contributed by atoms with van der Waals surface area (Å²) in [4.78, 5) is 1.32. The lowest BCUT2D eigenvalue weighted by atomic mass is 10.0. The van der Waals surface area contributed by atoms with Crippen molar-refractivity contribution in [2.24, 2.45) is 0 Å². The van der Waals surface area contributed by atoms with Crippen LogP contribution in [0.25, 0.3) is 10.8 Å². The Balaban J connectivity index is 2.45. The second kappa shape index (κ2) is 4.03. The van der Waals surface area contributed by atoms with Crippen molar-refractivity contribution in [3.8, 4) is 0 Å². The topological polar surface area (TPSA) is 58.8 Å². The van der Waals surface area contributed by atoms with Crippen molar-refractivity contribution in [2.45, 2.75) is 24.8 Å². The zero-order chi connectivity index (χ0) is 13.8. The van der Waals surface area contributed by atoms with Gasteiger partial charge in [0.25, 0.3) is 10.1 Å². The van der Waals surface area contributed by atoms with E-state index in [1.165, 1.54) is 11.0 Å². The number of rotatable bonds is 2. The van der Waals surface area contributed by atoms with Crippen LogP contribution in [-0.4, -0.2) is 19.5 Å². The highest BCUT2D eigenvalue weighted by atomic mass is 32.2. The highest BCUT2D eigenvalue weighted by Crippen LogP contribution is 2.36. The molecular weight excluding hydrogens is 262 g/mol. The van der Waals surface area contributed by atoms with Gasteiger partial charge >= 0.3 is 0 Å². The third kappa shape index (κ3) is 1.69. The van der Waals surface area contributed by atoms with Crippen LogP contribution in [0.4, 0.5) is 5.69 Å². The molecule has 2 N–H and O–H groups in total. The molecule has 1 aliphatic rings. The quantitative estimate of drug-likeness (QED) is 0.822. The molecule has 5 heteroatoms. The van der Waals surface area contributed by atoms with E-state index in [9.17, 15) is 13.0 Å². The van der Waals surface area contributed by atoms with Crippen LogP contribution in [0.15, 0.2) is 35.2 Å². The van der Waals surface area contributed by atoms with Crippen molar-refractivity contribution in [3.63, 3.8) is 0 Å². The second-order valence-electron chi connectivity index (χ2n) is 4.96. The molecule has 2 unspecified atom stereocenters. The zero-order valence-corrected chi connectivity index (χ0v) is 11.7. The monoisotopic (exact) mass is 278 g/mol. The molecule has 0 aliphatic carbocycles. The first-order valence-corrected chi connectivity index (χ1v) is 7.78. The van der Waals surface area contributed by atoms with Gasteiger partial charge in [-0.25, -0.2) is 0 Å². The Morgan fingerprint density at radius 1 is 1.26 bits per heavy atom. The minimum atomic E-state index is -4.19. The summed E-state index contributed by atoms with van der Waals surface area (Å²) in [6.07, 6.45) is 0. The molecule has 0 spiro atoms. The zero-order valence-electron chi connectivity index (χ0n) is 10.8. The van der Waals surface area contributed by atoms with Gasteiger partial charge in [-0.15, -0.1) is 0 Å². The van der Waals surface area contributed by atoms with Gasteiger partial charge in [-0.1, -0.05) is 18.2 Å². The van der Waals surface area contributed by atoms with E-state index < -0.39 is 10.1 Å². The van der Waals surface area contributed by atoms with Crippen molar-refractivity contribution in [2.75, 3.05) is 6.54 Å². The molecule has 0 bridgehead atoms. The Morgan fingerprint density at radius 2 is 2.00 bits per heavy atom. The van der Waals surface area contributed by atoms with E-state index in [0.717, 1.165) is 23.2 Å². The van der Waals surface area contributed by atoms with Crippen LogP contribution in [0.1, 0.15) is 25.5 Å². The largest absolute Gasteiger partial charge is 0.296 e. The van der Waals surface area contributed by atoms with Gasteiger partial charge in [0.1, 0.15) is 16.6 Å². The Bertz CT molecular complexity index is 768. The van der Waals surface area contributed by atoms with E-state index in [1.54, 1.807) is 6.07 Å². The minimum Gasteiger partial charge on any atom is -0.296 e. The molecule has 0 saturated carbocycles. The van der Waals surface area contributed by atoms with Crippen molar-refractivity contribution in [1.29, 1.82) is 0 Å². The summed E-state index contributed by atoms with van der Waals surface area (Å²) in [7, 11) is -4.19. The lowest BCUT2D eigenvalue weighted by Crippen LogP contribution is -3.05. The fourth-order valence-corrected chi connectivity index (χ4v) is 3.87. The standard InChI is InChI=1S/C14H15NO3S/c1-3-15-9(2)10-5-4-6-11-13(19(16,17)18)8-7-12(15)14(10)11/h4-9H,3H2,1-2H3,(H,16,17,18)/p+1. The molecule has 0 aromatic heterocycles. The van der Waals surface area contributed by atoms with Crippen LogP contribution in [0.2, 0.25) is 0 Å². The Kier molecular flexibility index (Phi) is 2.67. The second-order valence-corrected chi connectivity index (χ2v) is 6.35. The van der Waals surface area contributed by atoms with Gasteiger partial charge in [-0.05, 0) is 19.9 Å². The maximum Gasteiger partial charge on any atom is 0.295 e. The van der Waals surface area contributed by atoms with E-state index in [0.29, 0.717) is 11.4 Å². The first kappa shape index (κ1) is 12.6. The van der Waals surface area contributed by atoms with Gasteiger partial charge in [-0.3, -0.25) is 9.45 Å². The average Bonchev–Trinajstić information content (AvgIpc) is 2.63. The lowest BCUT2D eigenvalue weighted by Gasteiger charge is -2.17. The molecule has 19 heavy (non-hydrogen) atoms. The number of hydrogen-bond donors (Lipinski definition) is 2. The molecule has 0 amide bonds. The fraction of sp³-hybridized carbons (Fsp3) is 0.286. The number of quaternary nitrogens is 1. The normalized spacial score (nSPS) is 22.1. The van der Waals surface area contributed by atoms with Gasteiger partial charge in [0.05, 0.1) is 11.9 Å². The van der Waals surface area contributed by atoms with E-state index in [-0.39, 0.29) is 4.90 Å². The van der Waals surface area contributed by atoms with Crippen LogP contribution in [0.3, 0.4) is 0 Å². The van der Waals surface area contributed by atoms with Gasteiger partial charge in [0.15, 0.2) is 0 Å². The van der Waals surface area contributed by atoms with Crippen molar-refractivity contribution in [1.82, 2.24) is 0 Å². The van der Waals surface area contributed by atoms with Gasteiger partial charge in [0.2, 0.25) is 0 Å². The van der Waals surface area contributed by atoms with E-state index in [4.69, 9.17) is 0 Å². The summed E-state index contributed by atoms with van der Waals surface area (Å²) in [5.74, 6) is 0. The molecule has 2 atom stereocenters. The lowest BCUT2D eigenvalue weighted by molar-refractivity contribution is -0.858. The van der Waals surface area contributed by atoms with Crippen molar-refractivity contribution < 1.29 is 17.9 Å². The Labute approximate surface area is 112 Å². The fourth-order valence-electron chi connectivity index (χ4n) is 3.18. The van der Waals surface area contributed by atoms with Gasteiger partial charge in [0, 0.05) is 17.0 Å². The summed E-state index contributed by atoms with van der Waals surface area (Å²) in [5, 5.41) is 1.59. The molecule has 1 heterocycles. The predicted octanol–water partition coefficient (Wildman–Crippen LogP) is 1.70. The molecular formula is C14H16NO3S+. The highest BCUT2D eigenvalue weighted by Gasteiger charge is 2.33. The molecule has 1 aliphatic heterocycles.